The summed E-state index contributed by atoms with van der Waals surface area (Å²) in [6.45, 7) is 3.90. The van der Waals surface area contributed by atoms with Crippen LogP contribution in [0.15, 0.2) is 47.5 Å². The fraction of sp³-hybridized carbons (Fsp3) is 0.316. The molecule has 1 heterocycles. The molecule has 0 atom stereocenters. The third-order valence-corrected chi connectivity index (χ3v) is 3.88. The van der Waals surface area contributed by atoms with Crippen LogP contribution >= 0.6 is 0 Å². The van der Waals surface area contributed by atoms with E-state index in [2.05, 4.69) is 29.4 Å². The summed E-state index contributed by atoms with van der Waals surface area (Å²) in [6, 6.07) is 14.0. The number of aryl methyl sites for hydroxylation is 1. The lowest BCUT2D eigenvalue weighted by Crippen LogP contribution is -2.22. The van der Waals surface area contributed by atoms with Gasteiger partial charge >= 0.3 is 0 Å². The summed E-state index contributed by atoms with van der Waals surface area (Å²) >= 11 is 0. The van der Waals surface area contributed by atoms with Crippen molar-refractivity contribution < 1.29 is 9.47 Å². The highest BCUT2D eigenvalue weighted by Crippen LogP contribution is 2.33. The van der Waals surface area contributed by atoms with Crippen molar-refractivity contribution in [2.75, 3.05) is 18.5 Å². The van der Waals surface area contributed by atoms with Gasteiger partial charge in [-0.25, -0.2) is 4.99 Å². The molecule has 5 heteroatoms. The molecule has 0 spiro atoms. The molecule has 0 aliphatic carbocycles. The van der Waals surface area contributed by atoms with Crippen molar-refractivity contribution in [3.63, 3.8) is 0 Å². The average molecular weight is 325 g/mol. The molecule has 1 aliphatic rings. The van der Waals surface area contributed by atoms with E-state index in [9.17, 15) is 0 Å². The molecule has 5 nitrogen and oxygen atoms in total. The van der Waals surface area contributed by atoms with Crippen LogP contribution in [0.25, 0.3) is 0 Å². The van der Waals surface area contributed by atoms with Crippen LogP contribution in [-0.2, 0) is 13.0 Å². The molecule has 0 amide bonds. The second-order valence-corrected chi connectivity index (χ2v) is 5.68. The minimum Gasteiger partial charge on any atom is -0.490 e. The number of hydrogen-bond donors (Lipinski definition) is 2. The first-order valence-electron chi connectivity index (χ1n) is 8.29. The zero-order chi connectivity index (χ0) is 16.8. The lowest BCUT2D eigenvalue weighted by atomic mass is 10.1. The fourth-order valence-electron chi connectivity index (χ4n) is 2.61. The standard InChI is InChI=1S/C19H23N3O2/c1-2-14-6-3-8-16(12-14)22-19(20)21-13-15-7-4-9-17-18(15)24-11-5-10-23-17/h3-4,6-9,12H,2,5,10-11,13H2,1H3,(H3,20,21,22). The quantitative estimate of drug-likeness (QED) is 0.668. The molecule has 24 heavy (non-hydrogen) atoms. The fourth-order valence-corrected chi connectivity index (χ4v) is 2.61. The van der Waals surface area contributed by atoms with Gasteiger partial charge in [0.15, 0.2) is 17.5 Å². The van der Waals surface area contributed by atoms with Crippen LogP contribution in [0.4, 0.5) is 5.69 Å². The van der Waals surface area contributed by atoms with E-state index in [1.165, 1.54) is 5.56 Å². The van der Waals surface area contributed by atoms with Crippen molar-refractivity contribution in [3.05, 3.63) is 53.6 Å². The highest BCUT2D eigenvalue weighted by atomic mass is 16.5. The normalized spacial score (nSPS) is 14.1. The Morgan fingerprint density at radius 2 is 2.00 bits per heavy atom. The Morgan fingerprint density at radius 3 is 2.88 bits per heavy atom. The minimum atomic E-state index is 0.385. The zero-order valence-corrected chi connectivity index (χ0v) is 13.9. The number of hydrogen-bond acceptors (Lipinski definition) is 3. The molecular weight excluding hydrogens is 302 g/mol. The lowest BCUT2D eigenvalue weighted by molar-refractivity contribution is 0.296. The number of nitrogens with two attached hydrogens (primary N) is 1. The summed E-state index contributed by atoms with van der Waals surface area (Å²) in [5.74, 6) is 1.94. The monoisotopic (exact) mass is 325 g/mol. The molecule has 1 aliphatic heterocycles. The van der Waals surface area contributed by atoms with Crippen molar-refractivity contribution in [1.82, 2.24) is 0 Å². The first-order chi connectivity index (χ1) is 11.8. The average Bonchev–Trinajstić information content (AvgIpc) is 2.86. The highest BCUT2D eigenvalue weighted by molar-refractivity contribution is 5.92. The Bertz CT molecular complexity index is 728. The van der Waals surface area contributed by atoms with Gasteiger partial charge in [-0.15, -0.1) is 0 Å². The molecule has 3 rings (SSSR count). The number of aliphatic imine (C=N–C) groups is 1. The van der Waals surface area contributed by atoms with Crippen LogP contribution in [0.5, 0.6) is 11.5 Å². The third kappa shape index (κ3) is 3.98. The van der Waals surface area contributed by atoms with Crippen LogP contribution in [0, 0.1) is 0 Å². The molecule has 0 saturated carbocycles. The molecule has 0 aromatic heterocycles. The van der Waals surface area contributed by atoms with E-state index in [1.807, 2.05) is 30.3 Å². The summed E-state index contributed by atoms with van der Waals surface area (Å²) in [5.41, 5.74) is 9.20. The topological polar surface area (TPSA) is 68.9 Å². The maximum absolute atomic E-state index is 6.02. The minimum absolute atomic E-state index is 0.385. The van der Waals surface area contributed by atoms with Crippen LogP contribution in [0.1, 0.15) is 24.5 Å². The number of nitrogens with one attached hydrogen (secondary N) is 1. The summed E-state index contributed by atoms with van der Waals surface area (Å²) in [7, 11) is 0. The van der Waals surface area contributed by atoms with E-state index in [0.717, 1.165) is 35.6 Å². The number of para-hydroxylation sites is 1. The summed E-state index contributed by atoms with van der Waals surface area (Å²) in [4.78, 5) is 4.43. The number of rotatable bonds is 4. The third-order valence-electron chi connectivity index (χ3n) is 3.88. The zero-order valence-electron chi connectivity index (χ0n) is 13.9. The number of fused-ring (bicyclic) bond motifs is 1. The second kappa shape index (κ2) is 7.73. The Balaban J connectivity index is 1.71. The first kappa shape index (κ1) is 16.2. The van der Waals surface area contributed by atoms with E-state index in [1.54, 1.807) is 0 Å². The van der Waals surface area contributed by atoms with Crippen molar-refractivity contribution in [1.29, 1.82) is 0 Å². The van der Waals surface area contributed by atoms with Gasteiger partial charge in [0.25, 0.3) is 0 Å². The maximum atomic E-state index is 6.02. The molecule has 0 saturated heterocycles. The molecule has 2 aromatic rings. The predicted octanol–water partition coefficient (Wildman–Crippen LogP) is 3.34. The van der Waals surface area contributed by atoms with E-state index >= 15 is 0 Å². The van der Waals surface area contributed by atoms with Gasteiger partial charge in [-0.2, -0.15) is 0 Å². The lowest BCUT2D eigenvalue weighted by Gasteiger charge is -2.11. The molecule has 0 unspecified atom stereocenters. The van der Waals surface area contributed by atoms with E-state index in [-0.39, 0.29) is 0 Å². The molecule has 0 bridgehead atoms. The van der Waals surface area contributed by atoms with Crippen LogP contribution in [-0.4, -0.2) is 19.2 Å². The number of nitrogens with zero attached hydrogens (tertiary/aromatic N) is 1. The van der Waals surface area contributed by atoms with Crippen molar-refractivity contribution >= 4 is 11.6 Å². The number of ether oxygens (including phenoxy) is 2. The van der Waals surface area contributed by atoms with Crippen LogP contribution < -0.4 is 20.5 Å². The second-order valence-electron chi connectivity index (χ2n) is 5.68. The largest absolute Gasteiger partial charge is 0.490 e. The van der Waals surface area contributed by atoms with E-state index in [0.29, 0.717) is 25.7 Å². The summed E-state index contributed by atoms with van der Waals surface area (Å²) in [6.07, 6.45) is 1.87. The van der Waals surface area contributed by atoms with Gasteiger partial charge < -0.3 is 20.5 Å². The van der Waals surface area contributed by atoms with Crippen LogP contribution in [0.2, 0.25) is 0 Å². The Labute approximate surface area is 142 Å². The summed E-state index contributed by atoms with van der Waals surface area (Å²) in [5, 5.41) is 3.13. The maximum Gasteiger partial charge on any atom is 0.193 e. The molecule has 0 radical (unpaired) electrons. The summed E-state index contributed by atoms with van der Waals surface area (Å²) < 4.78 is 11.5. The van der Waals surface area contributed by atoms with Crippen molar-refractivity contribution in [3.8, 4) is 11.5 Å². The van der Waals surface area contributed by atoms with Gasteiger partial charge in [-0.3, -0.25) is 0 Å². The Hall–Kier alpha value is -2.69. The Morgan fingerprint density at radius 1 is 1.17 bits per heavy atom. The number of anilines is 1. The van der Waals surface area contributed by atoms with Gasteiger partial charge in [-0.1, -0.05) is 31.2 Å². The molecule has 3 N–H and O–H groups in total. The van der Waals surface area contributed by atoms with Gasteiger partial charge in [0, 0.05) is 17.7 Å². The molecule has 2 aromatic carbocycles. The van der Waals surface area contributed by atoms with Gasteiger partial charge in [0.1, 0.15) is 0 Å². The van der Waals surface area contributed by atoms with Gasteiger partial charge in [-0.05, 0) is 30.2 Å². The van der Waals surface area contributed by atoms with E-state index in [4.69, 9.17) is 15.2 Å². The Kier molecular flexibility index (Phi) is 5.21. The van der Waals surface area contributed by atoms with Crippen LogP contribution in [0.3, 0.4) is 0 Å². The SMILES string of the molecule is CCc1cccc(NC(N)=NCc2cccc3c2OCCCO3)c1. The first-order valence-corrected chi connectivity index (χ1v) is 8.29. The molecule has 0 fully saturated rings. The van der Waals surface area contributed by atoms with Crippen molar-refractivity contribution in [2.24, 2.45) is 10.7 Å². The van der Waals surface area contributed by atoms with Crippen molar-refractivity contribution in [2.45, 2.75) is 26.3 Å². The van der Waals surface area contributed by atoms with E-state index < -0.39 is 0 Å². The smallest absolute Gasteiger partial charge is 0.193 e. The molecule has 126 valence electrons. The highest BCUT2D eigenvalue weighted by Gasteiger charge is 2.14. The predicted molar refractivity (Wildman–Crippen MR) is 96.8 cm³/mol. The molecular formula is C19H23N3O2. The number of benzene rings is 2. The van der Waals surface area contributed by atoms with Gasteiger partial charge in [0.2, 0.25) is 0 Å². The van der Waals surface area contributed by atoms with Gasteiger partial charge in [0.05, 0.1) is 19.8 Å². The number of guanidine groups is 1.